The summed E-state index contributed by atoms with van der Waals surface area (Å²) in [6.45, 7) is -0.0119. The van der Waals surface area contributed by atoms with Gasteiger partial charge in [0.05, 0.1) is 19.0 Å². The molecular formula is C14H17BrO4S. The third kappa shape index (κ3) is 3.63. The van der Waals surface area contributed by atoms with Crippen molar-refractivity contribution in [1.82, 2.24) is 0 Å². The van der Waals surface area contributed by atoms with Gasteiger partial charge in [-0.3, -0.25) is 4.79 Å². The number of hydrogen-bond acceptors (Lipinski definition) is 4. The fraction of sp³-hybridized carbons (Fsp3) is 0.357. The van der Waals surface area contributed by atoms with Crippen molar-refractivity contribution in [3.8, 4) is 0 Å². The van der Waals surface area contributed by atoms with E-state index in [1.54, 1.807) is 6.07 Å². The Bertz CT molecular complexity index is 557. The zero-order valence-corrected chi connectivity index (χ0v) is 13.3. The van der Waals surface area contributed by atoms with Crippen LogP contribution in [0.1, 0.15) is 10.6 Å². The Morgan fingerprint density at radius 3 is 2.45 bits per heavy atom. The Morgan fingerprint density at radius 2 is 1.85 bits per heavy atom. The van der Waals surface area contributed by atoms with E-state index in [4.69, 9.17) is 14.6 Å². The van der Waals surface area contributed by atoms with Crippen molar-refractivity contribution in [3.05, 3.63) is 36.1 Å². The summed E-state index contributed by atoms with van der Waals surface area (Å²) in [6, 6.07) is 9.21. The highest BCUT2D eigenvalue weighted by Gasteiger charge is 2.25. The van der Waals surface area contributed by atoms with Crippen molar-refractivity contribution in [2.24, 2.45) is 0 Å². The Balaban J connectivity index is 2.17. The molecule has 0 saturated carbocycles. The molecule has 4 nitrogen and oxygen atoms in total. The van der Waals surface area contributed by atoms with Crippen molar-refractivity contribution in [3.63, 3.8) is 0 Å². The minimum Gasteiger partial charge on any atom is -0.453 e. The van der Waals surface area contributed by atoms with Crippen LogP contribution in [0, 0.1) is 0 Å². The third-order valence-corrected chi connectivity index (χ3v) is 8.24. The predicted molar refractivity (Wildman–Crippen MR) is 85.8 cm³/mol. The molecule has 2 aromatic rings. The Kier molecular flexibility index (Phi) is 5.26. The molecule has 0 bridgehead atoms. The van der Waals surface area contributed by atoms with Gasteiger partial charge in [0.2, 0.25) is 5.78 Å². The molecule has 110 valence electrons. The van der Waals surface area contributed by atoms with Crippen molar-refractivity contribution in [2.75, 3.05) is 30.5 Å². The van der Waals surface area contributed by atoms with Crippen LogP contribution in [0.25, 0.3) is 11.0 Å². The molecule has 0 aliphatic rings. The summed E-state index contributed by atoms with van der Waals surface area (Å²) < 4.78 is 5.55. The summed E-state index contributed by atoms with van der Waals surface area (Å²) in [5.74, 6) is 1.46. The van der Waals surface area contributed by atoms with Crippen LogP contribution in [-0.4, -0.2) is 46.5 Å². The van der Waals surface area contributed by atoms with E-state index in [0.29, 0.717) is 22.8 Å². The average Bonchev–Trinajstić information content (AvgIpc) is 2.82. The quantitative estimate of drug-likeness (QED) is 0.744. The summed E-state index contributed by atoms with van der Waals surface area (Å²) in [5, 5.41) is 19.1. The monoisotopic (exact) mass is 360 g/mol. The largest absolute Gasteiger partial charge is 0.453 e. The standard InChI is InChI=1S/C14H17BrO4S/c15-20(7-5-16,8-6-17)10-12(18)14-9-11-3-1-2-4-13(11)19-14/h1-4,9,16-17H,5-8,10H2. The lowest BCUT2D eigenvalue weighted by Gasteiger charge is -2.30. The number of rotatable bonds is 7. The van der Waals surface area contributed by atoms with Gasteiger partial charge in [0.15, 0.2) is 5.76 Å². The van der Waals surface area contributed by atoms with E-state index in [1.807, 2.05) is 24.3 Å². The van der Waals surface area contributed by atoms with E-state index >= 15 is 0 Å². The first-order valence-electron chi connectivity index (χ1n) is 6.27. The van der Waals surface area contributed by atoms with Gasteiger partial charge in [-0.05, 0) is 26.9 Å². The number of para-hydroxylation sites is 1. The van der Waals surface area contributed by atoms with Gasteiger partial charge < -0.3 is 14.6 Å². The maximum atomic E-state index is 12.3. The molecule has 0 spiro atoms. The number of ketones is 1. The molecule has 1 aromatic carbocycles. The summed E-state index contributed by atoms with van der Waals surface area (Å²) in [7, 11) is -1.52. The second-order valence-electron chi connectivity index (χ2n) is 4.51. The number of aliphatic hydroxyl groups excluding tert-OH is 2. The van der Waals surface area contributed by atoms with E-state index in [1.165, 1.54) is 0 Å². The van der Waals surface area contributed by atoms with Crippen LogP contribution in [0.3, 0.4) is 0 Å². The smallest absolute Gasteiger partial charge is 0.207 e. The summed E-state index contributed by atoms with van der Waals surface area (Å²) in [4.78, 5) is 12.3. The molecule has 0 saturated heterocycles. The predicted octanol–water partition coefficient (Wildman–Crippen LogP) is 2.71. The topological polar surface area (TPSA) is 70.7 Å². The molecule has 0 unspecified atom stereocenters. The lowest BCUT2D eigenvalue weighted by molar-refractivity contribution is 0.0993. The van der Waals surface area contributed by atoms with Crippen LogP contribution >= 0.6 is 23.3 Å². The van der Waals surface area contributed by atoms with Gasteiger partial charge in [-0.2, -0.15) is 8.46 Å². The van der Waals surface area contributed by atoms with Crippen molar-refractivity contribution in [2.45, 2.75) is 0 Å². The third-order valence-electron chi connectivity index (χ3n) is 3.00. The maximum absolute atomic E-state index is 12.3. The van der Waals surface area contributed by atoms with Crippen molar-refractivity contribution >= 4 is 40.0 Å². The highest BCUT2D eigenvalue weighted by Crippen LogP contribution is 2.55. The van der Waals surface area contributed by atoms with E-state index in [9.17, 15) is 4.79 Å². The SMILES string of the molecule is O=C(CS(Br)(CCO)CCO)c1cc2ccccc2o1. The van der Waals surface area contributed by atoms with Gasteiger partial charge in [0.1, 0.15) is 5.58 Å². The molecule has 0 aliphatic carbocycles. The zero-order chi connectivity index (χ0) is 14.6. The second-order valence-corrected chi connectivity index (χ2v) is 11.6. The molecular weight excluding hydrogens is 344 g/mol. The van der Waals surface area contributed by atoms with E-state index in [2.05, 4.69) is 14.8 Å². The number of carbonyl (C=O) groups is 1. The van der Waals surface area contributed by atoms with Gasteiger partial charge in [0, 0.05) is 16.9 Å². The number of hydrogen-bond donors (Lipinski definition) is 2. The highest BCUT2D eigenvalue weighted by atomic mass is 79.9. The normalized spacial score (nSPS) is 12.8. The summed E-state index contributed by atoms with van der Waals surface area (Å²) >= 11 is 3.55. The molecule has 0 radical (unpaired) electrons. The fourth-order valence-electron chi connectivity index (χ4n) is 2.00. The van der Waals surface area contributed by atoms with Crippen LogP contribution in [0.15, 0.2) is 34.7 Å². The molecule has 6 heteroatoms. The van der Waals surface area contributed by atoms with Gasteiger partial charge in [-0.25, -0.2) is 0 Å². The van der Waals surface area contributed by atoms with E-state index < -0.39 is 8.46 Å². The Morgan fingerprint density at radius 1 is 1.20 bits per heavy atom. The zero-order valence-electron chi connectivity index (χ0n) is 10.9. The molecule has 2 rings (SSSR count). The summed E-state index contributed by atoms with van der Waals surface area (Å²) in [5.41, 5.74) is 0.690. The van der Waals surface area contributed by atoms with Gasteiger partial charge in [0.25, 0.3) is 0 Å². The van der Waals surface area contributed by atoms with Crippen molar-refractivity contribution < 1.29 is 19.4 Å². The molecule has 20 heavy (non-hydrogen) atoms. The molecule has 0 aliphatic heterocycles. The second kappa shape index (κ2) is 6.76. The van der Waals surface area contributed by atoms with Crippen LogP contribution in [0.4, 0.5) is 0 Å². The number of benzene rings is 1. The number of Topliss-reactive ketones (excluding diaryl/α,β-unsaturated/α-hetero) is 1. The minimum absolute atomic E-state index is 0.00596. The average molecular weight is 361 g/mol. The lowest BCUT2D eigenvalue weighted by Crippen LogP contribution is -2.18. The molecule has 1 aromatic heterocycles. The van der Waals surface area contributed by atoms with Crippen LogP contribution in [-0.2, 0) is 0 Å². The minimum atomic E-state index is -1.52. The first kappa shape index (κ1) is 15.6. The first-order valence-corrected chi connectivity index (χ1v) is 10.3. The number of halogens is 1. The first-order chi connectivity index (χ1) is 9.58. The highest BCUT2D eigenvalue weighted by molar-refractivity contribution is 9.58. The van der Waals surface area contributed by atoms with E-state index in [-0.39, 0.29) is 24.7 Å². The lowest BCUT2D eigenvalue weighted by atomic mass is 10.2. The van der Waals surface area contributed by atoms with Gasteiger partial charge in [-0.1, -0.05) is 18.2 Å². The van der Waals surface area contributed by atoms with Gasteiger partial charge in [-0.15, -0.1) is 0 Å². The Hall–Kier alpha value is -0.820. The van der Waals surface area contributed by atoms with Crippen LogP contribution in [0.2, 0.25) is 0 Å². The van der Waals surface area contributed by atoms with Crippen molar-refractivity contribution in [1.29, 1.82) is 0 Å². The molecule has 0 fully saturated rings. The fourth-order valence-corrected chi connectivity index (χ4v) is 5.25. The van der Waals surface area contributed by atoms with E-state index in [0.717, 1.165) is 5.39 Å². The molecule has 0 amide bonds. The molecule has 2 N–H and O–H groups in total. The number of furan rings is 1. The van der Waals surface area contributed by atoms with Crippen LogP contribution in [0.5, 0.6) is 0 Å². The van der Waals surface area contributed by atoms with Gasteiger partial charge >= 0.3 is 0 Å². The van der Waals surface area contributed by atoms with Crippen LogP contribution < -0.4 is 0 Å². The maximum Gasteiger partial charge on any atom is 0.207 e. The summed E-state index contributed by atoms with van der Waals surface area (Å²) in [6.07, 6.45) is 0. The number of fused-ring (bicyclic) bond motifs is 1. The number of aliphatic hydroxyl groups is 2. The molecule has 0 atom stereocenters. The number of carbonyl (C=O) groups excluding carboxylic acids is 1. The Labute approximate surface area is 126 Å². The molecule has 1 heterocycles.